The number of hydrogen-bond acceptors (Lipinski definition) is 4. The van der Waals surface area contributed by atoms with E-state index in [2.05, 4.69) is 5.16 Å². The largest absolute Gasteiger partial charge is 0.479 e. The Morgan fingerprint density at radius 1 is 1.64 bits per heavy atom. The number of aliphatic carboxylic acids is 1. The molecule has 1 aliphatic rings. The van der Waals surface area contributed by atoms with Crippen molar-refractivity contribution in [2.45, 2.75) is 31.8 Å². The molecule has 5 nitrogen and oxygen atoms in total. The Morgan fingerprint density at radius 2 is 2.36 bits per heavy atom. The second kappa shape index (κ2) is 2.81. The second-order valence-electron chi connectivity index (χ2n) is 3.59. The fraction of sp³-hybridized carbons (Fsp3) is 0.556. The molecule has 76 valence electrons. The SMILES string of the molecule is Cc1noc2c1C(O)(C(=O)O)CCC2. The molecule has 5 heteroatoms. The van der Waals surface area contributed by atoms with E-state index in [0.29, 0.717) is 29.9 Å². The highest BCUT2D eigenvalue weighted by atomic mass is 16.5. The average molecular weight is 197 g/mol. The summed E-state index contributed by atoms with van der Waals surface area (Å²) in [6.07, 6.45) is 1.47. The van der Waals surface area contributed by atoms with Crippen LogP contribution in [0.1, 0.15) is 29.9 Å². The number of carbonyl (C=O) groups is 1. The normalized spacial score (nSPS) is 25.9. The first kappa shape index (κ1) is 9.21. The molecule has 0 aromatic carbocycles. The molecule has 1 aromatic rings. The summed E-state index contributed by atoms with van der Waals surface area (Å²) in [6.45, 7) is 1.64. The van der Waals surface area contributed by atoms with Crippen molar-refractivity contribution >= 4 is 5.97 Å². The number of carboxylic acid groups (broad SMARTS) is 1. The van der Waals surface area contributed by atoms with Crippen molar-refractivity contribution in [3.8, 4) is 0 Å². The van der Waals surface area contributed by atoms with E-state index in [4.69, 9.17) is 9.63 Å². The summed E-state index contributed by atoms with van der Waals surface area (Å²) in [4.78, 5) is 11.0. The maximum Gasteiger partial charge on any atom is 0.340 e. The fourth-order valence-electron chi connectivity index (χ4n) is 1.96. The number of aryl methyl sites for hydroxylation is 2. The lowest BCUT2D eigenvalue weighted by Crippen LogP contribution is -2.38. The van der Waals surface area contributed by atoms with Crippen molar-refractivity contribution in [1.82, 2.24) is 5.16 Å². The molecule has 0 bridgehead atoms. The van der Waals surface area contributed by atoms with Gasteiger partial charge in [-0.25, -0.2) is 4.79 Å². The van der Waals surface area contributed by atoms with E-state index < -0.39 is 11.6 Å². The lowest BCUT2D eigenvalue weighted by Gasteiger charge is -2.26. The summed E-state index contributed by atoms with van der Waals surface area (Å²) in [7, 11) is 0. The zero-order chi connectivity index (χ0) is 10.3. The number of hydrogen-bond donors (Lipinski definition) is 2. The van der Waals surface area contributed by atoms with E-state index in [1.807, 2.05) is 0 Å². The minimum atomic E-state index is -1.81. The number of fused-ring (bicyclic) bond motifs is 1. The molecule has 1 atom stereocenters. The lowest BCUT2D eigenvalue weighted by atomic mass is 9.82. The molecule has 0 amide bonds. The highest BCUT2D eigenvalue weighted by Crippen LogP contribution is 2.37. The maximum atomic E-state index is 11.0. The Balaban J connectivity index is 2.59. The van der Waals surface area contributed by atoms with Crippen LogP contribution in [0.3, 0.4) is 0 Å². The van der Waals surface area contributed by atoms with Gasteiger partial charge in [-0.05, 0) is 19.8 Å². The van der Waals surface area contributed by atoms with Crippen LogP contribution in [-0.2, 0) is 16.8 Å². The van der Waals surface area contributed by atoms with Gasteiger partial charge >= 0.3 is 5.97 Å². The van der Waals surface area contributed by atoms with Crippen molar-refractivity contribution in [2.24, 2.45) is 0 Å². The molecule has 0 fully saturated rings. The zero-order valence-corrected chi connectivity index (χ0v) is 7.78. The van der Waals surface area contributed by atoms with Gasteiger partial charge in [-0.2, -0.15) is 0 Å². The predicted molar refractivity (Wildman–Crippen MR) is 45.7 cm³/mol. The topological polar surface area (TPSA) is 83.6 Å². The molecule has 1 aromatic heterocycles. The third-order valence-electron chi connectivity index (χ3n) is 2.64. The first-order valence-electron chi connectivity index (χ1n) is 4.47. The number of aromatic nitrogens is 1. The molecule has 1 unspecified atom stereocenters. The maximum absolute atomic E-state index is 11.0. The molecule has 2 rings (SSSR count). The number of nitrogens with zero attached hydrogens (tertiary/aromatic N) is 1. The van der Waals surface area contributed by atoms with E-state index >= 15 is 0 Å². The Kier molecular flexibility index (Phi) is 1.85. The zero-order valence-electron chi connectivity index (χ0n) is 7.78. The molecular weight excluding hydrogens is 186 g/mol. The van der Waals surface area contributed by atoms with Crippen LogP contribution in [0.2, 0.25) is 0 Å². The van der Waals surface area contributed by atoms with Crippen LogP contribution in [0, 0.1) is 6.92 Å². The van der Waals surface area contributed by atoms with Crippen LogP contribution in [0.5, 0.6) is 0 Å². The molecule has 1 heterocycles. The number of rotatable bonds is 1. The van der Waals surface area contributed by atoms with Gasteiger partial charge in [-0.15, -0.1) is 0 Å². The summed E-state index contributed by atoms with van der Waals surface area (Å²) < 4.78 is 4.96. The Labute approximate surface area is 80.3 Å². The van der Waals surface area contributed by atoms with E-state index in [0.717, 1.165) is 0 Å². The Hall–Kier alpha value is -1.36. The highest BCUT2D eigenvalue weighted by molar-refractivity contribution is 5.80. The van der Waals surface area contributed by atoms with Crippen molar-refractivity contribution in [3.63, 3.8) is 0 Å². The summed E-state index contributed by atoms with van der Waals surface area (Å²) in [5, 5.41) is 22.6. The van der Waals surface area contributed by atoms with Crippen LogP contribution >= 0.6 is 0 Å². The monoisotopic (exact) mass is 197 g/mol. The van der Waals surface area contributed by atoms with E-state index in [9.17, 15) is 9.90 Å². The van der Waals surface area contributed by atoms with Gasteiger partial charge in [0, 0.05) is 6.42 Å². The van der Waals surface area contributed by atoms with Gasteiger partial charge in [0.05, 0.1) is 11.3 Å². The van der Waals surface area contributed by atoms with Crippen molar-refractivity contribution in [3.05, 3.63) is 17.0 Å². The minimum Gasteiger partial charge on any atom is -0.479 e. The molecule has 0 spiro atoms. The van der Waals surface area contributed by atoms with Crippen molar-refractivity contribution < 1.29 is 19.5 Å². The van der Waals surface area contributed by atoms with Crippen molar-refractivity contribution in [2.75, 3.05) is 0 Å². The molecule has 2 N–H and O–H groups in total. The smallest absolute Gasteiger partial charge is 0.340 e. The molecule has 1 aliphatic carbocycles. The van der Waals surface area contributed by atoms with Crippen LogP contribution < -0.4 is 0 Å². The standard InChI is InChI=1S/C9H11NO4/c1-5-7-6(14-10-5)3-2-4-9(7,13)8(11)12/h13H,2-4H2,1H3,(H,11,12). The van der Waals surface area contributed by atoms with Crippen LogP contribution in [0.4, 0.5) is 0 Å². The second-order valence-corrected chi connectivity index (χ2v) is 3.59. The first-order chi connectivity index (χ1) is 6.55. The van der Waals surface area contributed by atoms with Crippen LogP contribution in [-0.4, -0.2) is 21.3 Å². The van der Waals surface area contributed by atoms with Crippen LogP contribution in [0.25, 0.3) is 0 Å². The van der Waals surface area contributed by atoms with Gasteiger partial charge in [0.2, 0.25) is 0 Å². The summed E-state index contributed by atoms with van der Waals surface area (Å²) in [5.74, 6) is -0.733. The number of aliphatic hydroxyl groups is 1. The highest BCUT2D eigenvalue weighted by Gasteiger charge is 2.45. The molecule has 14 heavy (non-hydrogen) atoms. The van der Waals surface area contributed by atoms with E-state index in [1.54, 1.807) is 6.92 Å². The number of carboxylic acids is 1. The molecular formula is C9H11NO4. The summed E-state index contributed by atoms with van der Waals surface area (Å²) in [6, 6.07) is 0. The van der Waals surface area contributed by atoms with Gasteiger partial charge in [0.1, 0.15) is 5.76 Å². The third-order valence-corrected chi connectivity index (χ3v) is 2.64. The quantitative estimate of drug-likeness (QED) is 0.688. The van der Waals surface area contributed by atoms with Gasteiger partial charge in [0.25, 0.3) is 0 Å². The van der Waals surface area contributed by atoms with Crippen molar-refractivity contribution in [1.29, 1.82) is 0 Å². The molecule has 0 aliphatic heterocycles. The molecule has 0 saturated carbocycles. The fourth-order valence-corrected chi connectivity index (χ4v) is 1.96. The van der Waals surface area contributed by atoms with E-state index in [-0.39, 0.29) is 6.42 Å². The minimum absolute atomic E-state index is 0.220. The Morgan fingerprint density at radius 3 is 3.00 bits per heavy atom. The lowest BCUT2D eigenvalue weighted by molar-refractivity contribution is -0.161. The van der Waals surface area contributed by atoms with E-state index in [1.165, 1.54) is 0 Å². The van der Waals surface area contributed by atoms with Gasteiger partial charge in [0.15, 0.2) is 5.60 Å². The molecule has 0 saturated heterocycles. The van der Waals surface area contributed by atoms with Gasteiger partial charge in [-0.3, -0.25) is 0 Å². The van der Waals surface area contributed by atoms with Gasteiger partial charge in [-0.1, -0.05) is 5.16 Å². The average Bonchev–Trinajstić information content (AvgIpc) is 2.49. The summed E-state index contributed by atoms with van der Waals surface area (Å²) in [5.41, 5.74) is -1.00. The van der Waals surface area contributed by atoms with Gasteiger partial charge < -0.3 is 14.7 Å². The Bertz CT molecular complexity index is 384. The van der Waals surface area contributed by atoms with Crippen LogP contribution in [0.15, 0.2) is 4.52 Å². The predicted octanol–water partition coefficient (Wildman–Crippen LogP) is 0.592. The summed E-state index contributed by atoms with van der Waals surface area (Å²) >= 11 is 0. The third kappa shape index (κ3) is 1.05. The molecule has 0 radical (unpaired) electrons. The first-order valence-corrected chi connectivity index (χ1v) is 4.47.